The van der Waals surface area contributed by atoms with Crippen LogP contribution in [0.15, 0.2) is 54.6 Å². The molecule has 0 saturated heterocycles. The van der Waals surface area contributed by atoms with Gasteiger partial charge in [0, 0.05) is 11.5 Å². The molecule has 0 bridgehead atoms. The zero-order valence-electron chi connectivity index (χ0n) is 15.5. The van der Waals surface area contributed by atoms with Crippen LogP contribution in [0.4, 0.5) is 0 Å². The quantitative estimate of drug-likeness (QED) is 0.560. The number of hydrogen-bond donors (Lipinski definition) is 0. The van der Waals surface area contributed by atoms with Gasteiger partial charge in [-0.3, -0.25) is 4.79 Å². The lowest BCUT2D eigenvalue weighted by Gasteiger charge is -2.18. The molecule has 1 aliphatic rings. The van der Waals surface area contributed by atoms with Crippen LogP contribution in [0, 0.1) is 28.1 Å². The average Bonchev–Trinajstić information content (AvgIpc) is 3.12. The van der Waals surface area contributed by atoms with E-state index in [9.17, 15) is 14.9 Å². The van der Waals surface area contributed by atoms with Crippen molar-refractivity contribution in [3.8, 4) is 17.6 Å². The second kappa shape index (κ2) is 6.88. The Bertz CT molecular complexity index is 900. The summed E-state index contributed by atoms with van der Waals surface area (Å²) in [5.74, 6) is 0.259. The van der Waals surface area contributed by atoms with Crippen LogP contribution in [0.3, 0.4) is 0 Å². The first-order valence-electron chi connectivity index (χ1n) is 8.73. The van der Waals surface area contributed by atoms with E-state index >= 15 is 0 Å². The molecule has 0 spiro atoms. The van der Waals surface area contributed by atoms with Crippen LogP contribution < -0.4 is 4.74 Å². The third kappa shape index (κ3) is 3.19. The summed E-state index contributed by atoms with van der Waals surface area (Å²) in [5.41, 5.74) is -0.879. The van der Waals surface area contributed by atoms with E-state index in [1.54, 1.807) is 31.2 Å². The molecule has 5 heteroatoms. The number of para-hydroxylation sites is 1. The summed E-state index contributed by atoms with van der Waals surface area (Å²) in [6.07, 6.45) is -0.283. The SMILES string of the molecule is CC1(C)[C@@H](C=O)[C@@]1(C)C(=O)O[C@H](C#N)c1cccc(Oc2ccccc2)c1. The molecule has 0 amide bonds. The van der Waals surface area contributed by atoms with Crippen molar-refractivity contribution in [2.24, 2.45) is 16.7 Å². The van der Waals surface area contributed by atoms with Gasteiger partial charge in [0.1, 0.15) is 23.9 Å². The standard InChI is InChI=1S/C22H21NO4/c1-21(2)19(14-24)22(21,3)20(25)27-18(13-23)15-8-7-11-17(12-15)26-16-9-5-4-6-10-16/h4-12,14,18-19H,1-3H3/t18-,19-,22+/m1/s1. The third-order valence-electron chi connectivity index (χ3n) is 5.70. The van der Waals surface area contributed by atoms with E-state index in [-0.39, 0.29) is 0 Å². The Morgan fingerprint density at radius 3 is 2.37 bits per heavy atom. The molecule has 0 aliphatic heterocycles. The lowest BCUT2D eigenvalue weighted by atomic mass is 9.98. The second-order valence-electron chi connectivity index (χ2n) is 7.44. The van der Waals surface area contributed by atoms with Gasteiger partial charge in [0.15, 0.2) is 0 Å². The molecule has 2 aromatic carbocycles. The monoisotopic (exact) mass is 363 g/mol. The summed E-state index contributed by atoms with van der Waals surface area (Å²) in [6.45, 7) is 5.41. The van der Waals surface area contributed by atoms with Gasteiger partial charge >= 0.3 is 5.97 Å². The molecule has 0 N–H and O–H groups in total. The summed E-state index contributed by atoms with van der Waals surface area (Å²) in [5, 5.41) is 9.51. The predicted molar refractivity (Wildman–Crippen MR) is 98.8 cm³/mol. The first-order chi connectivity index (χ1) is 12.8. The van der Waals surface area contributed by atoms with Gasteiger partial charge in [-0.15, -0.1) is 0 Å². The van der Waals surface area contributed by atoms with E-state index in [2.05, 4.69) is 0 Å². The van der Waals surface area contributed by atoms with Crippen molar-refractivity contribution in [2.45, 2.75) is 26.9 Å². The summed E-state index contributed by atoms with van der Waals surface area (Å²) >= 11 is 0. The number of ether oxygens (including phenoxy) is 2. The largest absolute Gasteiger partial charge is 0.457 e. The van der Waals surface area contributed by atoms with Crippen molar-refractivity contribution in [1.82, 2.24) is 0 Å². The molecular formula is C22H21NO4. The lowest BCUT2D eigenvalue weighted by Crippen LogP contribution is -2.23. The number of aldehydes is 1. The molecule has 0 unspecified atom stereocenters. The number of carbonyl (C=O) groups is 2. The predicted octanol–water partition coefficient (Wildman–Crippen LogP) is 4.45. The van der Waals surface area contributed by atoms with Crippen LogP contribution >= 0.6 is 0 Å². The smallest absolute Gasteiger partial charge is 0.314 e. The van der Waals surface area contributed by atoms with E-state index in [1.165, 1.54) is 0 Å². The van der Waals surface area contributed by atoms with Gasteiger partial charge in [-0.2, -0.15) is 5.26 Å². The molecule has 2 aromatic rings. The fourth-order valence-corrected chi connectivity index (χ4v) is 3.49. The molecule has 3 atom stereocenters. The Morgan fingerprint density at radius 2 is 1.78 bits per heavy atom. The topological polar surface area (TPSA) is 76.4 Å². The highest BCUT2D eigenvalue weighted by Gasteiger charge is 2.73. The summed E-state index contributed by atoms with van der Waals surface area (Å²) in [6, 6.07) is 18.2. The maximum Gasteiger partial charge on any atom is 0.314 e. The number of rotatable bonds is 6. The van der Waals surface area contributed by atoms with Gasteiger partial charge in [0.2, 0.25) is 6.10 Å². The number of esters is 1. The molecule has 0 radical (unpaired) electrons. The first-order valence-corrected chi connectivity index (χ1v) is 8.73. The minimum atomic E-state index is -1.07. The molecule has 1 fully saturated rings. The average molecular weight is 363 g/mol. The van der Waals surface area contributed by atoms with Crippen molar-refractivity contribution in [1.29, 1.82) is 5.26 Å². The minimum absolute atomic E-state index is 0.412. The van der Waals surface area contributed by atoms with Crippen molar-refractivity contribution >= 4 is 12.3 Å². The maximum atomic E-state index is 12.7. The lowest BCUT2D eigenvalue weighted by molar-refractivity contribution is -0.155. The highest BCUT2D eigenvalue weighted by atomic mass is 16.5. The Hall–Kier alpha value is -3.13. The van der Waals surface area contributed by atoms with Crippen LogP contribution in [-0.2, 0) is 14.3 Å². The Labute approximate surface area is 158 Å². The van der Waals surface area contributed by atoms with E-state index in [4.69, 9.17) is 9.47 Å². The van der Waals surface area contributed by atoms with Crippen LogP contribution in [0.5, 0.6) is 11.5 Å². The van der Waals surface area contributed by atoms with Crippen molar-refractivity contribution < 1.29 is 19.1 Å². The highest BCUT2D eigenvalue weighted by molar-refractivity contribution is 5.88. The number of hydrogen-bond acceptors (Lipinski definition) is 5. The Morgan fingerprint density at radius 1 is 1.11 bits per heavy atom. The number of benzene rings is 2. The summed E-state index contributed by atoms with van der Waals surface area (Å²) in [4.78, 5) is 23.9. The van der Waals surface area contributed by atoms with Crippen LogP contribution in [-0.4, -0.2) is 12.3 Å². The van der Waals surface area contributed by atoms with E-state index in [0.29, 0.717) is 17.1 Å². The Kier molecular flexibility index (Phi) is 4.75. The van der Waals surface area contributed by atoms with Gasteiger partial charge in [-0.25, -0.2) is 0 Å². The Balaban J connectivity index is 1.77. The van der Waals surface area contributed by atoms with Crippen molar-refractivity contribution in [3.05, 3.63) is 60.2 Å². The number of nitrogens with zero attached hydrogens (tertiary/aromatic N) is 1. The van der Waals surface area contributed by atoms with Crippen LogP contribution in [0.2, 0.25) is 0 Å². The first kappa shape index (κ1) is 18.7. The molecule has 0 heterocycles. The van der Waals surface area contributed by atoms with Gasteiger partial charge in [0.05, 0.1) is 5.41 Å². The zero-order chi connectivity index (χ0) is 19.7. The third-order valence-corrected chi connectivity index (χ3v) is 5.70. The van der Waals surface area contributed by atoms with E-state index in [0.717, 1.165) is 6.29 Å². The second-order valence-corrected chi connectivity index (χ2v) is 7.44. The highest BCUT2D eigenvalue weighted by Crippen LogP contribution is 2.68. The molecule has 0 aromatic heterocycles. The summed E-state index contributed by atoms with van der Waals surface area (Å²) in [7, 11) is 0. The zero-order valence-corrected chi connectivity index (χ0v) is 15.5. The van der Waals surface area contributed by atoms with Gasteiger partial charge < -0.3 is 14.3 Å². The van der Waals surface area contributed by atoms with Gasteiger partial charge in [-0.1, -0.05) is 44.2 Å². The van der Waals surface area contributed by atoms with Gasteiger partial charge in [0.25, 0.3) is 0 Å². The molecule has 1 aliphatic carbocycles. The number of nitriles is 1. The fraction of sp³-hybridized carbons (Fsp3) is 0.318. The van der Waals surface area contributed by atoms with E-state index in [1.807, 2.05) is 50.2 Å². The summed E-state index contributed by atoms with van der Waals surface area (Å²) < 4.78 is 11.2. The van der Waals surface area contributed by atoms with E-state index < -0.39 is 28.8 Å². The fourth-order valence-electron chi connectivity index (χ4n) is 3.49. The molecule has 3 rings (SSSR count). The van der Waals surface area contributed by atoms with Gasteiger partial charge in [-0.05, 0) is 36.6 Å². The molecular weight excluding hydrogens is 342 g/mol. The molecule has 1 saturated carbocycles. The number of carbonyl (C=O) groups excluding carboxylic acids is 2. The van der Waals surface area contributed by atoms with Crippen molar-refractivity contribution in [2.75, 3.05) is 0 Å². The minimum Gasteiger partial charge on any atom is -0.457 e. The normalized spacial score (nSPS) is 23.6. The van der Waals surface area contributed by atoms with Crippen LogP contribution in [0.1, 0.15) is 32.4 Å². The molecule has 138 valence electrons. The maximum absolute atomic E-state index is 12.7. The van der Waals surface area contributed by atoms with Crippen LogP contribution in [0.25, 0.3) is 0 Å². The molecule has 27 heavy (non-hydrogen) atoms. The molecule has 5 nitrogen and oxygen atoms in total. The van der Waals surface area contributed by atoms with Crippen molar-refractivity contribution in [3.63, 3.8) is 0 Å².